The second-order valence-corrected chi connectivity index (χ2v) is 2.76. The van der Waals surface area contributed by atoms with Crippen LogP contribution in [0.3, 0.4) is 0 Å². The van der Waals surface area contributed by atoms with Crippen LogP contribution in [0.5, 0.6) is 0 Å². The van der Waals surface area contributed by atoms with E-state index in [2.05, 4.69) is 10.1 Å². The summed E-state index contributed by atoms with van der Waals surface area (Å²) in [7, 11) is 0. The quantitative estimate of drug-likeness (QED) is 0.310. The number of amides is 1. The Morgan fingerprint density at radius 2 is 2.00 bits per heavy atom. The highest BCUT2D eigenvalue weighted by Gasteiger charge is 2.48. The van der Waals surface area contributed by atoms with Crippen LogP contribution in [0, 0.1) is 0 Å². The van der Waals surface area contributed by atoms with Crippen molar-refractivity contribution in [1.82, 2.24) is 5.32 Å². The number of alkyl carbamates (subject to hydrolysis) is 1. The molecular formula is C7H7NO3. The number of hydrogen-bond donors (Lipinski definition) is 1. The SMILES string of the molecule is O=C1NC2(CC=CC2)C(=O)O1. The second-order valence-electron chi connectivity index (χ2n) is 2.76. The van der Waals surface area contributed by atoms with Crippen LogP contribution in [0.15, 0.2) is 12.2 Å². The minimum atomic E-state index is -0.753. The van der Waals surface area contributed by atoms with E-state index in [9.17, 15) is 9.59 Å². The van der Waals surface area contributed by atoms with Gasteiger partial charge in [0.05, 0.1) is 0 Å². The number of rotatable bonds is 0. The second kappa shape index (κ2) is 1.84. The van der Waals surface area contributed by atoms with Gasteiger partial charge in [0.2, 0.25) is 0 Å². The van der Waals surface area contributed by atoms with E-state index in [1.807, 2.05) is 12.2 Å². The van der Waals surface area contributed by atoms with Gasteiger partial charge in [0, 0.05) is 0 Å². The van der Waals surface area contributed by atoms with E-state index in [1.54, 1.807) is 0 Å². The van der Waals surface area contributed by atoms with Gasteiger partial charge < -0.3 is 10.1 Å². The molecule has 4 heteroatoms. The highest BCUT2D eigenvalue weighted by atomic mass is 16.6. The fraction of sp³-hybridized carbons (Fsp3) is 0.429. The largest absolute Gasteiger partial charge is 0.415 e. The van der Waals surface area contributed by atoms with E-state index in [-0.39, 0.29) is 0 Å². The average Bonchev–Trinajstić information content (AvgIpc) is 2.45. The lowest BCUT2D eigenvalue weighted by Gasteiger charge is -2.15. The average molecular weight is 153 g/mol. The maximum atomic E-state index is 11.1. The predicted molar refractivity (Wildman–Crippen MR) is 35.7 cm³/mol. The molecule has 1 N–H and O–H groups in total. The van der Waals surface area contributed by atoms with Gasteiger partial charge in [-0.25, -0.2) is 9.59 Å². The molecule has 0 bridgehead atoms. The van der Waals surface area contributed by atoms with Crippen molar-refractivity contribution in [3.63, 3.8) is 0 Å². The van der Waals surface area contributed by atoms with E-state index < -0.39 is 17.6 Å². The van der Waals surface area contributed by atoms with Crippen LogP contribution in [0.2, 0.25) is 0 Å². The fourth-order valence-electron chi connectivity index (χ4n) is 1.37. The number of ether oxygens (including phenoxy) is 1. The molecule has 58 valence electrons. The number of esters is 1. The summed E-state index contributed by atoms with van der Waals surface area (Å²) in [5.41, 5.74) is -0.753. The van der Waals surface area contributed by atoms with Gasteiger partial charge in [-0.2, -0.15) is 0 Å². The van der Waals surface area contributed by atoms with Gasteiger partial charge >= 0.3 is 12.1 Å². The van der Waals surface area contributed by atoms with Crippen molar-refractivity contribution in [3.05, 3.63) is 12.2 Å². The van der Waals surface area contributed by atoms with Crippen molar-refractivity contribution in [1.29, 1.82) is 0 Å². The van der Waals surface area contributed by atoms with Gasteiger partial charge in [0.25, 0.3) is 0 Å². The standard InChI is InChI=1S/C7H7NO3/c9-5-7(3-1-2-4-7)8-6(10)11-5/h1-2H,3-4H2,(H,8,10). The van der Waals surface area contributed by atoms with Gasteiger partial charge in [0.1, 0.15) is 5.54 Å². The maximum absolute atomic E-state index is 11.1. The highest BCUT2D eigenvalue weighted by molar-refractivity contribution is 5.99. The normalized spacial score (nSPS) is 25.8. The monoisotopic (exact) mass is 153 g/mol. The molecule has 1 spiro atoms. The summed E-state index contributed by atoms with van der Waals surface area (Å²) in [4.78, 5) is 21.7. The molecule has 1 aliphatic carbocycles. The number of carbonyl (C=O) groups is 2. The molecule has 0 atom stereocenters. The van der Waals surface area contributed by atoms with Crippen molar-refractivity contribution < 1.29 is 14.3 Å². The molecule has 0 aromatic rings. The molecule has 11 heavy (non-hydrogen) atoms. The Morgan fingerprint density at radius 3 is 2.45 bits per heavy atom. The van der Waals surface area contributed by atoms with Crippen LogP contribution in [-0.4, -0.2) is 17.6 Å². The van der Waals surface area contributed by atoms with Gasteiger partial charge in [-0.05, 0) is 12.8 Å². The zero-order valence-electron chi connectivity index (χ0n) is 5.79. The van der Waals surface area contributed by atoms with Crippen molar-refractivity contribution in [3.8, 4) is 0 Å². The van der Waals surface area contributed by atoms with E-state index >= 15 is 0 Å². The van der Waals surface area contributed by atoms with Crippen molar-refractivity contribution in [2.75, 3.05) is 0 Å². The molecule has 0 unspecified atom stereocenters. The Morgan fingerprint density at radius 1 is 1.36 bits per heavy atom. The summed E-state index contributed by atoms with van der Waals surface area (Å²) in [5.74, 6) is -0.451. The van der Waals surface area contributed by atoms with E-state index in [4.69, 9.17) is 0 Å². The van der Waals surface area contributed by atoms with Crippen LogP contribution in [0.4, 0.5) is 4.79 Å². The van der Waals surface area contributed by atoms with Crippen molar-refractivity contribution in [2.45, 2.75) is 18.4 Å². The van der Waals surface area contributed by atoms with Crippen LogP contribution < -0.4 is 5.32 Å². The third kappa shape index (κ3) is 0.753. The lowest BCUT2D eigenvalue weighted by atomic mass is 9.98. The molecule has 1 fully saturated rings. The van der Waals surface area contributed by atoms with Crippen LogP contribution in [-0.2, 0) is 9.53 Å². The maximum Gasteiger partial charge on any atom is 0.415 e. The first-order valence-electron chi connectivity index (χ1n) is 3.42. The third-order valence-corrected chi connectivity index (χ3v) is 2.02. The Balaban J connectivity index is 2.26. The summed E-state index contributed by atoms with van der Waals surface area (Å²) in [6.45, 7) is 0. The van der Waals surface area contributed by atoms with E-state index in [0.29, 0.717) is 12.8 Å². The Labute approximate surface area is 63.2 Å². The molecule has 0 radical (unpaired) electrons. The summed E-state index contributed by atoms with van der Waals surface area (Å²) in [6.07, 6.45) is 4.22. The summed E-state index contributed by atoms with van der Waals surface area (Å²) in [6, 6.07) is 0. The number of nitrogens with one attached hydrogen (secondary N) is 1. The molecule has 1 heterocycles. The van der Waals surface area contributed by atoms with E-state index in [1.165, 1.54) is 0 Å². The number of cyclic esters (lactones) is 2. The molecule has 0 aromatic carbocycles. The third-order valence-electron chi connectivity index (χ3n) is 2.02. The molecule has 0 aromatic heterocycles. The zero-order chi connectivity index (χ0) is 7.90. The summed E-state index contributed by atoms with van der Waals surface area (Å²) in [5, 5.41) is 2.51. The molecule has 0 saturated carbocycles. The molecule has 1 aliphatic heterocycles. The Hall–Kier alpha value is -1.32. The number of carbonyl (C=O) groups excluding carboxylic acids is 2. The lowest BCUT2D eigenvalue weighted by molar-refractivity contribution is -0.138. The molecule has 1 saturated heterocycles. The Kier molecular flexibility index (Phi) is 1.07. The molecular weight excluding hydrogens is 146 g/mol. The molecule has 2 rings (SSSR count). The molecule has 1 amide bonds. The Bertz CT molecular complexity index is 248. The van der Waals surface area contributed by atoms with Crippen LogP contribution >= 0.6 is 0 Å². The van der Waals surface area contributed by atoms with Gasteiger partial charge in [0.15, 0.2) is 0 Å². The first-order valence-corrected chi connectivity index (χ1v) is 3.42. The zero-order valence-corrected chi connectivity index (χ0v) is 5.79. The van der Waals surface area contributed by atoms with Crippen LogP contribution in [0.1, 0.15) is 12.8 Å². The lowest BCUT2D eigenvalue weighted by Crippen LogP contribution is -2.43. The molecule has 4 nitrogen and oxygen atoms in total. The van der Waals surface area contributed by atoms with Gasteiger partial charge in [-0.1, -0.05) is 12.2 Å². The smallest absolute Gasteiger partial charge is 0.374 e. The topological polar surface area (TPSA) is 55.4 Å². The van der Waals surface area contributed by atoms with Crippen LogP contribution in [0.25, 0.3) is 0 Å². The highest BCUT2D eigenvalue weighted by Crippen LogP contribution is 2.28. The fourth-order valence-corrected chi connectivity index (χ4v) is 1.37. The number of hydrogen-bond acceptors (Lipinski definition) is 3. The van der Waals surface area contributed by atoms with Crippen molar-refractivity contribution >= 4 is 12.1 Å². The minimum Gasteiger partial charge on any atom is -0.374 e. The minimum absolute atomic E-state index is 0.451. The first-order chi connectivity index (χ1) is 5.23. The van der Waals surface area contributed by atoms with Gasteiger partial charge in [-0.3, -0.25) is 0 Å². The van der Waals surface area contributed by atoms with E-state index in [0.717, 1.165) is 0 Å². The van der Waals surface area contributed by atoms with Gasteiger partial charge in [-0.15, -0.1) is 0 Å². The summed E-state index contributed by atoms with van der Waals surface area (Å²) < 4.78 is 4.37. The summed E-state index contributed by atoms with van der Waals surface area (Å²) >= 11 is 0. The predicted octanol–water partition coefficient (Wildman–Crippen LogP) is 0.342. The van der Waals surface area contributed by atoms with Crippen molar-refractivity contribution in [2.24, 2.45) is 0 Å². The first kappa shape index (κ1) is 6.39. The molecule has 2 aliphatic rings.